The van der Waals surface area contributed by atoms with Crippen LogP contribution in [0.25, 0.3) is 0 Å². The van der Waals surface area contributed by atoms with Gasteiger partial charge in [0.05, 0.1) is 6.54 Å². The Kier molecular flexibility index (Phi) is 4.39. The van der Waals surface area contributed by atoms with Gasteiger partial charge in [-0.3, -0.25) is 4.79 Å². The van der Waals surface area contributed by atoms with Crippen molar-refractivity contribution in [2.24, 2.45) is 5.92 Å². The molecular weight excluding hydrogens is 268 g/mol. The lowest BCUT2D eigenvalue weighted by Crippen LogP contribution is -2.38. The molecule has 2 saturated heterocycles. The molecular formula is C16H22N2O3. The number of carbonyl (C=O) groups is 1. The topological polar surface area (TPSA) is 51.7 Å². The summed E-state index contributed by atoms with van der Waals surface area (Å²) in [5.74, 6) is 1.05. The van der Waals surface area contributed by atoms with E-state index in [9.17, 15) is 4.79 Å². The van der Waals surface area contributed by atoms with E-state index < -0.39 is 0 Å². The van der Waals surface area contributed by atoms with E-state index in [1.807, 2.05) is 30.0 Å². The molecule has 0 saturated carbocycles. The van der Waals surface area contributed by atoms with Gasteiger partial charge in [-0.2, -0.15) is 0 Å². The number of hydrogen-bond acceptors (Lipinski definition) is 4. The molecule has 3 heterocycles. The van der Waals surface area contributed by atoms with Crippen LogP contribution in [-0.4, -0.2) is 48.2 Å². The van der Waals surface area contributed by atoms with Crippen LogP contribution < -0.4 is 4.74 Å². The smallest absolute Gasteiger partial charge is 0.225 e. The number of aromatic nitrogens is 1. The predicted molar refractivity (Wildman–Crippen MR) is 78.1 cm³/mol. The Bertz CT molecular complexity index is 500. The summed E-state index contributed by atoms with van der Waals surface area (Å²) < 4.78 is 11.2. The number of nitrogens with zero attached hydrogens (tertiary/aromatic N) is 2. The van der Waals surface area contributed by atoms with E-state index in [1.165, 1.54) is 0 Å². The number of likely N-dealkylation sites (tertiary alicyclic amines) is 1. The van der Waals surface area contributed by atoms with Crippen molar-refractivity contribution in [2.45, 2.75) is 32.3 Å². The first-order valence-electron chi connectivity index (χ1n) is 7.69. The standard InChI is InChI=1S/C16H22N2O3/c1-12-3-2-4-15(17-12)21-14-5-8-18(11-14)16(19)13-6-9-20-10-7-13/h2-4,13-14H,5-11H2,1H3/t14-/m0/s1. The van der Waals surface area contributed by atoms with E-state index in [4.69, 9.17) is 9.47 Å². The molecule has 0 bridgehead atoms. The van der Waals surface area contributed by atoms with Crippen molar-refractivity contribution in [3.8, 4) is 5.88 Å². The number of amides is 1. The summed E-state index contributed by atoms with van der Waals surface area (Å²) in [6.45, 7) is 4.82. The predicted octanol–water partition coefficient (Wildman–Crippen LogP) is 1.80. The van der Waals surface area contributed by atoms with Crippen LogP contribution >= 0.6 is 0 Å². The lowest BCUT2D eigenvalue weighted by Gasteiger charge is -2.26. The lowest BCUT2D eigenvalue weighted by atomic mass is 9.99. The van der Waals surface area contributed by atoms with Crippen molar-refractivity contribution in [3.63, 3.8) is 0 Å². The fraction of sp³-hybridized carbons (Fsp3) is 0.625. The first-order valence-corrected chi connectivity index (χ1v) is 7.69. The summed E-state index contributed by atoms with van der Waals surface area (Å²) in [5, 5.41) is 0. The lowest BCUT2D eigenvalue weighted by molar-refractivity contribution is -0.137. The molecule has 21 heavy (non-hydrogen) atoms. The first kappa shape index (κ1) is 14.3. The van der Waals surface area contributed by atoms with E-state index in [0.29, 0.717) is 25.6 Å². The second-order valence-corrected chi connectivity index (χ2v) is 5.82. The van der Waals surface area contributed by atoms with Gasteiger partial charge < -0.3 is 14.4 Å². The molecule has 2 fully saturated rings. The number of rotatable bonds is 3. The highest BCUT2D eigenvalue weighted by Crippen LogP contribution is 2.22. The Labute approximate surface area is 125 Å². The van der Waals surface area contributed by atoms with Crippen molar-refractivity contribution in [2.75, 3.05) is 26.3 Å². The highest BCUT2D eigenvalue weighted by Gasteiger charge is 2.32. The number of carbonyl (C=O) groups excluding carboxylic acids is 1. The third kappa shape index (κ3) is 3.53. The minimum absolute atomic E-state index is 0.0584. The van der Waals surface area contributed by atoms with E-state index in [0.717, 1.165) is 31.5 Å². The van der Waals surface area contributed by atoms with Crippen LogP contribution in [0.3, 0.4) is 0 Å². The van der Waals surface area contributed by atoms with E-state index >= 15 is 0 Å². The molecule has 5 nitrogen and oxygen atoms in total. The molecule has 5 heteroatoms. The molecule has 0 aromatic carbocycles. The zero-order valence-electron chi connectivity index (χ0n) is 12.5. The molecule has 2 aliphatic rings. The van der Waals surface area contributed by atoms with Crippen molar-refractivity contribution in [3.05, 3.63) is 23.9 Å². The summed E-state index contributed by atoms with van der Waals surface area (Å²) in [6, 6.07) is 5.76. The maximum atomic E-state index is 12.5. The summed E-state index contributed by atoms with van der Waals surface area (Å²) in [4.78, 5) is 18.7. The second-order valence-electron chi connectivity index (χ2n) is 5.82. The highest BCUT2D eigenvalue weighted by molar-refractivity contribution is 5.79. The summed E-state index contributed by atoms with van der Waals surface area (Å²) in [7, 11) is 0. The molecule has 1 aromatic rings. The van der Waals surface area contributed by atoms with Crippen LogP contribution in [0.4, 0.5) is 0 Å². The van der Waals surface area contributed by atoms with Crippen molar-refractivity contribution in [1.82, 2.24) is 9.88 Å². The zero-order valence-corrected chi connectivity index (χ0v) is 12.5. The van der Waals surface area contributed by atoms with Crippen LogP contribution in [0.5, 0.6) is 5.88 Å². The third-order valence-electron chi connectivity index (χ3n) is 4.18. The molecule has 0 unspecified atom stereocenters. The zero-order chi connectivity index (χ0) is 14.7. The van der Waals surface area contributed by atoms with E-state index in [2.05, 4.69) is 4.98 Å². The van der Waals surface area contributed by atoms with Crippen LogP contribution in [-0.2, 0) is 9.53 Å². The van der Waals surface area contributed by atoms with Gasteiger partial charge in [0.25, 0.3) is 0 Å². The van der Waals surface area contributed by atoms with E-state index in [1.54, 1.807) is 0 Å². The minimum atomic E-state index is 0.0584. The SMILES string of the molecule is Cc1cccc(O[C@H]2CCN(C(=O)C3CCOCC3)C2)n1. The Morgan fingerprint density at radius 2 is 2.14 bits per heavy atom. The average Bonchev–Trinajstić information content (AvgIpc) is 2.96. The fourth-order valence-corrected chi connectivity index (χ4v) is 2.98. The Morgan fingerprint density at radius 3 is 2.90 bits per heavy atom. The van der Waals surface area contributed by atoms with Gasteiger partial charge in [-0.05, 0) is 25.8 Å². The Hall–Kier alpha value is -1.62. The highest BCUT2D eigenvalue weighted by atomic mass is 16.5. The van der Waals surface area contributed by atoms with Crippen LogP contribution in [0.1, 0.15) is 25.0 Å². The summed E-state index contributed by atoms with van der Waals surface area (Å²) >= 11 is 0. The van der Waals surface area contributed by atoms with Crippen LogP contribution in [0.15, 0.2) is 18.2 Å². The quantitative estimate of drug-likeness (QED) is 0.852. The maximum Gasteiger partial charge on any atom is 0.225 e. The van der Waals surface area contributed by atoms with Crippen LogP contribution in [0.2, 0.25) is 0 Å². The average molecular weight is 290 g/mol. The van der Waals surface area contributed by atoms with Crippen molar-refractivity contribution < 1.29 is 14.3 Å². The van der Waals surface area contributed by atoms with Gasteiger partial charge in [-0.1, -0.05) is 6.07 Å². The minimum Gasteiger partial charge on any atom is -0.472 e. The van der Waals surface area contributed by atoms with Gasteiger partial charge in [-0.25, -0.2) is 4.98 Å². The molecule has 114 valence electrons. The summed E-state index contributed by atoms with van der Waals surface area (Å²) in [6.07, 6.45) is 2.63. The maximum absolute atomic E-state index is 12.5. The molecule has 0 radical (unpaired) electrons. The Balaban J connectivity index is 1.54. The molecule has 0 aliphatic carbocycles. The van der Waals surface area contributed by atoms with Crippen molar-refractivity contribution >= 4 is 5.91 Å². The van der Waals surface area contributed by atoms with Gasteiger partial charge >= 0.3 is 0 Å². The number of aryl methyl sites for hydroxylation is 1. The van der Waals surface area contributed by atoms with Gasteiger partial charge in [0, 0.05) is 43.9 Å². The largest absolute Gasteiger partial charge is 0.472 e. The molecule has 3 rings (SSSR count). The second kappa shape index (κ2) is 6.43. The molecule has 1 amide bonds. The number of ether oxygens (including phenoxy) is 2. The monoisotopic (exact) mass is 290 g/mol. The third-order valence-corrected chi connectivity index (χ3v) is 4.18. The van der Waals surface area contributed by atoms with Gasteiger partial charge in [-0.15, -0.1) is 0 Å². The van der Waals surface area contributed by atoms with Crippen molar-refractivity contribution in [1.29, 1.82) is 0 Å². The van der Waals surface area contributed by atoms with Crippen LogP contribution in [0, 0.1) is 12.8 Å². The molecule has 0 spiro atoms. The Morgan fingerprint density at radius 1 is 1.33 bits per heavy atom. The number of pyridine rings is 1. The fourth-order valence-electron chi connectivity index (χ4n) is 2.98. The normalized spacial score (nSPS) is 23.3. The molecule has 2 aliphatic heterocycles. The summed E-state index contributed by atoms with van der Waals surface area (Å²) in [5.41, 5.74) is 0.945. The van der Waals surface area contributed by atoms with Gasteiger partial charge in [0.1, 0.15) is 6.10 Å². The van der Waals surface area contributed by atoms with Gasteiger partial charge in [0.2, 0.25) is 11.8 Å². The molecule has 1 atom stereocenters. The van der Waals surface area contributed by atoms with Gasteiger partial charge in [0.15, 0.2) is 0 Å². The first-order chi connectivity index (χ1) is 10.2. The molecule has 0 N–H and O–H groups in total. The molecule has 1 aromatic heterocycles. The number of hydrogen-bond donors (Lipinski definition) is 0. The van der Waals surface area contributed by atoms with E-state index in [-0.39, 0.29) is 17.9 Å².